The monoisotopic (exact) mass is 407 g/mol. The molecule has 0 bridgehead atoms. The van der Waals surface area contributed by atoms with Gasteiger partial charge in [-0.15, -0.1) is 0 Å². The van der Waals surface area contributed by atoms with Crippen molar-refractivity contribution in [3.63, 3.8) is 0 Å². The summed E-state index contributed by atoms with van der Waals surface area (Å²) in [5.74, 6) is -1.84. The van der Waals surface area contributed by atoms with Crippen LogP contribution in [-0.2, 0) is 9.59 Å². The molecule has 1 aliphatic rings. The molecule has 1 saturated heterocycles. The van der Waals surface area contributed by atoms with Crippen LogP contribution in [0.1, 0.15) is 6.42 Å². The number of ether oxygens (including phenoxy) is 1. The van der Waals surface area contributed by atoms with Crippen molar-refractivity contribution in [3.8, 4) is 5.75 Å². The summed E-state index contributed by atoms with van der Waals surface area (Å²) < 4.78 is 18.4. The van der Waals surface area contributed by atoms with Crippen LogP contribution in [0.2, 0.25) is 5.02 Å². The molecular formula is C18H15ClFN3O5. The van der Waals surface area contributed by atoms with Crippen LogP contribution < -0.4 is 15.0 Å². The highest BCUT2D eigenvalue weighted by Crippen LogP contribution is 2.32. The van der Waals surface area contributed by atoms with E-state index in [9.17, 15) is 24.1 Å². The molecule has 2 amide bonds. The van der Waals surface area contributed by atoms with Crippen molar-refractivity contribution >= 4 is 40.5 Å². The summed E-state index contributed by atoms with van der Waals surface area (Å²) in [6, 6.07) is 7.69. The van der Waals surface area contributed by atoms with Crippen molar-refractivity contribution in [1.82, 2.24) is 0 Å². The third-order valence-corrected chi connectivity index (χ3v) is 4.65. The van der Waals surface area contributed by atoms with Gasteiger partial charge in [-0.05, 0) is 24.3 Å². The summed E-state index contributed by atoms with van der Waals surface area (Å²) >= 11 is 5.76. The third-order valence-electron chi connectivity index (χ3n) is 4.36. The summed E-state index contributed by atoms with van der Waals surface area (Å²) in [6.07, 6.45) is -0.0575. The number of benzene rings is 2. The quantitative estimate of drug-likeness (QED) is 0.604. The standard InChI is InChI=1S/C18H15ClFN3O5/c1-28-16-5-3-12(23(26)27)8-15(16)21-18(25)10-6-17(24)22(9-10)11-2-4-14(20)13(19)7-11/h2-5,7-8,10H,6,9H2,1H3,(H,21,25). The highest BCUT2D eigenvalue weighted by atomic mass is 35.5. The van der Waals surface area contributed by atoms with Crippen molar-refractivity contribution in [2.75, 3.05) is 23.9 Å². The zero-order chi connectivity index (χ0) is 20.4. The zero-order valence-electron chi connectivity index (χ0n) is 14.6. The van der Waals surface area contributed by atoms with Gasteiger partial charge in [-0.2, -0.15) is 0 Å². The second-order valence-corrected chi connectivity index (χ2v) is 6.54. The van der Waals surface area contributed by atoms with Crippen LogP contribution in [0.25, 0.3) is 0 Å². The van der Waals surface area contributed by atoms with Crippen molar-refractivity contribution < 1.29 is 23.6 Å². The number of nitro benzene ring substituents is 1. The van der Waals surface area contributed by atoms with Gasteiger partial charge in [-0.25, -0.2) is 4.39 Å². The molecule has 8 nitrogen and oxygen atoms in total. The number of carbonyl (C=O) groups is 2. The zero-order valence-corrected chi connectivity index (χ0v) is 15.4. The Morgan fingerprint density at radius 3 is 2.75 bits per heavy atom. The van der Waals surface area contributed by atoms with Crippen LogP contribution in [0.5, 0.6) is 5.75 Å². The number of amides is 2. The van der Waals surface area contributed by atoms with E-state index in [1.807, 2.05) is 0 Å². The molecule has 1 N–H and O–H groups in total. The Bertz CT molecular complexity index is 968. The molecule has 1 heterocycles. The lowest BCUT2D eigenvalue weighted by atomic mass is 10.1. The number of carbonyl (C=O) groups excluding carboxylic acids is 2. The lowest BCUT2D eigenvalue weighted by Crippen LogP contribution is -2.28. The molecule has 0 saturated carbocycles. The smallest absolute Gasteiger partial charge is 0.271 e. The van der Waals surface area contributed by atoms with Gasteiger partial charge in [0.25, 0.3) is 5.69 Å². The van der Waals surface area contributed by atoms with Crippen LogP contribution in [-0.4, -0.2) is 30.4 Å². The van der Waals surface area contributed by atoms with Crippen molar-refractivity contribution in [1.29, 1.82) is 0 Å². The molecule has 146 valence electrons. The predicted octanol–water partition coefficient (Wildman–Crippen LogP) is 3.39. The summed E-state index contributed by atoms with van der Waals surface area (Å²) in [7, 11) is 1.37. The molecule has 3 rings (SSSR count). The number of methoxy groups -OCH3 is 1. The molecule has 0 radical (unpaired) electrons. The normalized spacial score (nSPS) is 16.2. The van der Waals surface area contributed by atoms with Gasteiger partial charge >= 0.3 is 0 Å². The minimum absolute atomic E-state index is 0.0575. The lowest BCUT2D eigenvalue weighted by Gasteiger charge is -2.17. The number of hydrogen-bond donors (Lipinski definition) is 1. The Balaban J connectivity index is 1.77. The molecule has 1 fully saturated rings. The van der Waals surface area contributed by atoms with Gasteiger partial charge in [-0.3, -0.25) is 19.7 Å². The first-order valence-corrected chi connectivity index (χ1v) is 8.56. The number of hydrogen-bond acceptors (Lipinski definition) is 5. The van der Waals surface area contributed by atoms with Gasteiger partial charge in [0.05, 0.1) is 28.7 Å². The Labute approximate surface area is 164 Å². The maximum Gasteiger partial charge on any atom is 0.271 e. The first-order valence-electron chi connectivity index (χ1n) is 8.19. The first-order chi connectivity index (χ1) is 13.3. The molecule has 2 aromatic carbocycles. The molecule has 0 spiro atoms. The van der Waals surface area contributed by atoms with E-state index in [0.717, 1.165) is 6.07 Å². The minimum atomic E-state index is -0.694. The maximum atomic E-state index is 13.3. The van der Waals surface area contributed by atoms with Gasteiger partial charge in [0.1, 0.15) is 11.6 Å². The third kappa shape index (κ3) is 3.89. The van der Waals surface area contributed by atoms with Crippen LogP contribution in [0.15, 0.2) is 36.4 Å². The van der Waals surface area contributed by atoms with Crippen LogP contribution in [0, 0.1) is 21.8 Å². The SMILES string of the molecule is COc1ccc([N+](=O)[O-])cc1NC(=O)C1CC(=O)N(c2ccc(F)c(Cl)c2)C1. The summed E-state index contributed by atoms with van der Waals surface area (Å²) in [5, 5.41) is 13.4. The van der Waals surface area contributed by atoms with Gasteiger partial charge < -0.3 is 15.0 Å². The summed E-state index contributed by atoms with van der Waals surface area (Å²) in [4.78, 5) is 36.6. The van der Waals surface area contributed by atoms with E-state index in [4.69, 9.17) is 16.3 Å². The predicted molar refractivity (Wildman–Crippen MR) is 100 cm³/mol. The molecular weight excluding hydrogens is 393 g/mol. The van der Waals surface area contributed by atoms with Crippen molar-refractivity contribution in [3.05, 3.63) is 57.4 Å². The molecule has 28 heavy (non-hydrogen) atoms. The van der Waals surface area contributed by atoms with E-state index in [-0.39, 0.29) is 41.0 Å². The highest BCUT2D eigenvalue weighted by Gasteiger charge is 2.35. The molecule has 0 aromatic heterocycles. The van der Waals surface area contributed by atoms with E-state index in [0.29, 0.717) is 5.69 Å². The largest absolute Gasteiger partial charge is 0.495 e. The number of nitrogens with zero attached hydrogens (tertiary/aromatic N) is 2. The topological polar surface area (TPSA) is 102 Å². The Kier molecular flexibility index (Phi) is 5.46. The maximum absolute atomic E-state index is 13.3. The van der Waals surface area contributed by atoms with E-state index in [1.165, 1.54) is 42.3 Å². The molecule has 0 aliphatic carbocycles. The van der Waals surface area contributed by atoms with Crippen molar-refractivity contribution in [2.45, 2.75) is 6.42 Å². The highest BCUT2D eigenvalue weighted by molar-refractivity contribution is 6.31. The van der Waals surface area contributed by atoms with E-state index in [1.54, 1.807) is 0 Å². The number of non-ortho nitro benzene ring substituents is 1. The van der Waals surface area contributed by atoms with Crippen molar-refractivity contribution in [2.24, 2.45) is 5.92 Å². The van der Waals surface area contributed by atoms with Crippen LogP contribution >= 0.6 is 11.6 Å². The minimum Gasteiger partial charge on any atom is -0.495 e. The number of nitrogens with one attached hydrogen (secondary N) is 1. The van der Waals surface area contributed by atoms with E-state index >= 15 is 0 Å². The number of anilines is 2. The molecule has 1 aliphatic heterocycles. The average Bonchev–Trinajstić information content (AvgIpc) is 3.05. The first kappa shape index (κ1) is 19.6. The fraction of sp³-hybridized carbons (Fsp3) is 0.222. The molecule has 10 heteroatoms. The Morgan fingerprint density at radius 1 is 1.36 bits per heavy atom. The van der Waals surface area contributed by atoms with Gasteiger partial charge in [-0.1, -0.05) is 11.6 Å². The number of nitro groups is 1. The van der Waals surface area contributed by atoms with E-state index in [2.05, 4.69) is 5.32 Å². The molecule has 1 unspecified atom stereocenters. The molecule has 2 aromatic rings. The fourth-order valence-electron chi connectivity index (χ4n) is 2.93. The second kappa shape index (κ2) is 7.81. The molecule has 1 atom stereocenters. The van der Waals surface area contributed by atoms with Gasteiger partial charge in [0.15, 0.2) is 0 Å². The summed E-state index contributed by atoms with van der Waals surface area (Å²) in [5.41, 5.74) is 0.318. The van der Waals surface area contributed by atoms with Crippen LogP contribution in [0.3, 0.4) is 0 Å². The van der Waals surface area contributed by atoms with Gasteiger partial charge in [0.2, 0.25) is 11.8 Å². The van der Waals surface area contributed by atoms with Crippen LogP contribution in [0.4, 0.5) is 21.5 Å². The second-order valence-electron chi connectivity index (χ2n) is 6.13. The lowest BCUT2D eigenvalue weighted by molar-refractivity contribution is -0.384. The summed E-state index contributed by atoms with van der Waals surface area (Å²) in [6.45, 7) is 0.0733. The Morgan fingerprint density at radius 2 is 2.11 bits per heavy atom. The number of rotatable bonds is 5. The van der Waals surface area contributed by atoms with E-state index < -0.39 is 22.6 Å². The van der Waals surface area contributed by atoms with Gasteiger partial charge in [0, 0.05) is 30.8 Å². The Hall–Kier alpha value is -3.20. The number of halogens is 2. The fourth-order valence-corrected chi connectivity index (χ4v) is 3.10. The average molecular weight is 408 g/mol.